The van der Waals surface area contributed by atoms with Gasteiger partial charge in [-0.3, -0.25) is 0 Å². The number of urea groups is 1. The molecule has 1 aromatic heterocycles. The van der Waals surface area contributed by atoms with Gasteiger partial charge in [0.15, 0.2) is 9.92 Å². The number of ether oxygens (including phenoxy) is 1. The van der Waals surface area contributed by atoms with Gasteiger partial charge in [0.05, 0.1) is 26.0 Å². The SMILES string of the molecule is CC(O)(COCCO)c1ncc(S(N)(=O)=NC(=O)Nc2c3c(cc4c2CCC4)CCC3)s1. The number of rotatable bonds is 7. The quantitative estimate of drug-likeness (QED) is 0.447. The summed E-state index contributed by atoms with van der Waals surface area (Å²) in [5.41, 5.74) is 4.19. The number of nitrogens with zero attached hydrogens (tertiary/aromatic N) is 2. The van der Waals surface area contributed by atoms with Crippen molar-refractivity contribution in [3.8, 4) is 0 Å². The number of nitrogens with two attached hydrogens (primary N) is 1. The summed E-state index contributed by atoms with van der Waals surface area (Å²) >= 11 is 0.915. The first-order valence-corrected chi connectivity index (χ1v) is 13.0. The molecular formula is C21H28N4O5S2. The Balaban J connectivity index is 1.56. The minimum atomic E-state index is -3.55. The van der Waals surface area contributed by atoms with Gasteiger partial charge in [0.1, 0.15) is 14.8 Å². The van der Waals surface area contributed by atoms with Crippen molar-refractivity contribution in [2.24, 2.45) is 9.50 Å². The highest BCUT2D eigenvalue weighted by atomic mass is 32.2. The Morgan fingerprint density at radius 2 is 1.97 bits per heavy atom. The Kier molecular flexibility index (Phi) is 6.66. The van der Waals surface area contributed by atoms with Crippen molar-refractivity contribution < 1.29 is 24.0 Å². The molecule has 2 atom stereocenters. The van der Waals surface area contributed by atoms with Crippen LogP contribution in [0.5, 0.6) is 0 Å². The van der Waals surface area contributed by atoms with Crippen LogP contribution < -0.4 is 10.5 Å². The van der Waals surface area contributed by atoms with Gasteiger partial charge >= 0.3 is 6.03 Å². The van der Waals surface area contributed by atoms with E-state index in [9.17, 15) is 14.1 Å². The van der Waals surface area contributed by atoms with Crippen molar-refractivity contribution >= 4 is 33.0 Å². The van der Waals surface area contributed by atoms with Gasteiger partial charge in [0, 0.05) is 5.69 Å². The number of fused-ring (bicyclic) bond motifs is 2. The standard InChI is InChI=1S/C21H28N4O5S2/c1-21(28,12-30-9-8-26)19-23-11-17(31-19)32(22,29)25-20(27)24-18-15-6-2-4-13(15)10-14-5-3-7-16(14)18/h10-11,26,28H,2-9,12H2,1H3,(H3,22,24,25,27,29). The van der Waals surface area contributed by atoms with Gasteiger partial charge in [-0.25, -0.2) is 19.1 Å². The maximum Gasteiger partial charge on any atom is 0.354 e. The zero-order valence-electron chi connectivity index (χ0n) is 17.9. The lowest BCUT2D eigenvalue weighted by Crippen LogP contribution is -2.28. The first-order chi connectivity index (χ1) is 15.2. The largest absolute Gasteiger partial charge is 0.394 e. The highest BCUT2D eigenvalue weighted by Gasteiger charge is 2.29. The second-order valence-electron chi connectivity index (χ2n) is 8.36. The topological polar surface area (TPSA) is 147 Å². The number of aliphatic hydroxyl groups is 2. The van der Waals surface area contributed by atoms with E-state index in [4.69, 9.17) is 15.0 Å². The fourth-order valence-electron chi connectivity index (χ4n) is 4.31. The van der Waals surface area contributed by atoms with Gasteiger partial charge in [-0.05, 0) is 67.7 Å². The summed E-state index contributed by atoms with van der Waals surface area (Å²) in [5, 5.41) is 28.4. The number of carbonyl (C=O) groups excluding carboxylic acids is 1. The van der Waals surface area contributed by atoms with Crippen LogP contribution in [0.4, 0.5) is 10.5 Å². The summed E-state index contributed by atoms with van der Waals surface area (Å²) in [6.07, 6.45) is 7.18. The molecule has 11 heteroatoms. The third-order valence-electron chi connectivity index (χ3n) is 5.78. The van der Waals surface area contributed by atoms with Crippen LogP contribution in [0.1, 0.15) is 47.0 Å². The van der Waals surface area contributed by atoms with Gasteiger partial charge in [0.2, 0.25) is 0 Å². The molecule has 2 aliphatic rings. The summed E-state index contributed by atoms with van der Waals surface area (Å²) < 4.78 is 22.1. The second kappa shape index (κ2) is 9.16. The number of benzene rings is 1. The lowest BCUT2D eigenvalue weighted by atomic mass is 9.99. The van der Waals surface area contributed by atoms with Crippen LogP contribution in [0.3, 0.4) is 0 Å². The van der Waals surface area contributed by atoms with Crippen LogP contribution in [-0.2, 0) is 45.9 Å². The van der Waals surface area contributed by atoms with Crippen molar-refractivity contribution in [2.75, 3.05) is 25.1 Å². The van der Waals surface area contributed by atoms with Crippen LogP contribution in [0.25, 0.3) is 0 Å². The molecule has 0 bridgehead atoms. The predicted octanol–water partition coefficient (Wildman–Crippen LogP) is 2.27. The molecule has 0 spiro atoms. The highest BCUT2D eigenvalue weighted by Crippen LogP contribution is 2.38. The van der Waals surface area contributed by atoms with Crippen molar-refractivity contribution in [3.05, 3.63) is 39.5 Å². The molecule has 0 saturated heterocycles. The molecule has 9 nitrogen and oxygen atoms in total. The average Bonchev–Trinajstić information content (AvgIpc) is 3.47. The number of nitrogens with one attached hydrogen (secondary N) is 1. The van der Waals surface area contributed by atoms with Crippen molar-refractivity contribution in [1.29, 1.82) is 0 Å². The van der Waals surface area contributed by atoms with Crippen LogP contribution in [0.2, 0.25) is 0 Å². The number of anilines is 1. The molecule has 0 radical (unpaired) electrons. The fraction of sp³-hybridized carbons (Fsp3) is 0.524. The Labute approximate surface area is 191 Å². The molecule has 2 unspecified atom stereocenters. The van der Waals surface area contributed by atoms with Gasteiger partial charge in [-0.15, -0.1) is 15.7 Å². The van der Waals surface area contributed by atoms with Crippen molar-refractivity contribution in [1.82, 2.24) is 4.98 Å². The Hall–Kier alpha value is -1.89. The first kappa shape index (κ1) is 23.3. The summed E-state index contributed by atoms with van der Waals surface area (Å²) in [4.78, 5) is 16.8. The van der Waals surface area contributed by atoms with Gasteiger partial charge < -0.3 is 20.3 Å². The molecule has 0 saturated carbocycles. The van der Waals surface area contributed by atoms with Gasteiger partial charge in [-0.1, -0.05) is 6.07 Å². The van der Waals surface area contributed by atoms with Gasteiger partial charge in [-0.2, -0.15) is 0 Å². The van der Waals surface area contributed by atoms with E-state index in [-0.39, 0.29) is 29.0 Å². The lowest BCUT2D eigenvalue weighted by molar-refractivity contribution is -0.0447. The number of aromatic nitrogens is 1. The Bertz CT molecular complexity index is 1120. The third kappa shape index (κ3) is 4.73. The second-order valence-corrected chi connectivity index (χ2v) is 11.4. The minimum Gasteiger partial charge on any atom is -0.394 e. The molecule has 0 aliphatic heterocycles. The van der Waals surface area contributed by atoms with E-state index in [1.165, 1.54) is 24.2 Å². The summed E-state index contributed by atoms with van der Waals surface area (Å²) in [6, 6.07) is 1.51. The number of carbonyl (C=O) groups is 1. The normalized spacial score (nSPS) is 18.5. The molecule has 2 aliphatic carbocycles. The lowest BCUT2D eigenvalue weighted by Gasteiger charge is -2.20. The van der Waals surface area contributed by atoms with Crippen molar-refractivity contribution in [3.63, 3.8) is 0 Å². The van der Waals surface area contributed by atoms with Crippen molar-refractivity contribution in [2.45, 2.75) is 55.3 Å². The van der Waals surface area contributed by atoms with E-state index in [1.807, 2.05) is 0 Å². The number of thiazole rings is 1. The zero-order valence-corrected chi connectivity index (χ0v) is 19.6. The summed E-state index contributed by atoms with van der Waals surface area (Å²) in [5.74, 6) is 0. The third-order valence-corrected chi connectivity index (χ3v) is 8.91. The fourth-order valence-corrected chi connectivity index (χ4v) is 6.40. The van der Waals surface area contributed by atoms with Crippen LogP contribution in [0.15, 0.2) is 20.8 Å². The first-order valence-electron chi connectivity index (χ1n) is 10.6. The number of aryl methyl sites for hydroxylation is 2. The van der Waals surface area contributed by atoms with E-state index in [0.29, 0.717) is 0 Å². The number of hydrogen-bond donors (Lipinski definition) is 4. The Morgan fingerprint density at radius 3 is 2.59 bits per heavy atom. The highest BCUT2D eigenvalue weighted by molar-refractivity contribution is 7.93. The van der Waals surface area contributed by atoms with Gasteiger partial charge in [0.25, 0.3) is 0 Å². The molecule has 2 aromatic rings. The molecule has 32 heavy (non-hydrogen) atoms. The minimum absolute atomic E-state index is 0.0738. The Morgan fingerprint density at radius 1 is 1.31 bits per heavy atom. The maximum absolute atomic E-state index is 13.0. The molecule has 4 rings (SSSR count). The van der Waals surface area contributed by atoms with Crippen LogP contribution in [0, 0.1) is 0 Å². The van der Waals surface area contributed by atoms with E-state index in [1.54, 1.807) is 0 Å². The van der Waals surface area contributed by atoms with E-state index in [0.717, 1.165) is 66.7 Å². The summed E-state index contributed by atoms with van der Waals surface area (Å²) in [6.45, 7) is 1.29. The smallest absolute Gasteiger partial charge is 0.354 e. The monoisotopic (exact) mass is 480 g/mol. The van der Waals surface area contributed by atoms with Crippen LogP contribution in [-0.4, -0.2) is 45.3 Å². The molecule has 5 N–H and O–H groups in total. The molecular weight excluding hydrogens is 452 g/mol. The van der Waals surface area contributed by atoms with E-state index < -0.39 is 21.5 Å². The zero-order chi connectivity index (χ0) is 22.9. The molecule has 1 heterocycles. The number of aliphatic hydroxyl groups excluding tert-OH is 1. The molecule has 2 amide bonds. The predicted molar refractivity (Wildman–Crippen MR) is 122 cm³/mol. The van der Waals surface area contributed by atoms with E-state index in [2.05, 4.69) is 20.7 Å². The summed E-state index contributed by atoms with van der Waals surface area (Å²) in [7, 11) is -3.55. The maximum atomic E-state index is 13.0. The number of hydrogen-bond acceptors (Lipinski definition) is 7. The van der Waals surface area contributed by atoms with Crippen LogP contribution >= 0.6 is 11.3 Å². The molecule has 1 aromatic carbocycles. The number of amides is 2. The molecule has 0 fully saturated rings. The molecule has 174 valence electrons. The average molecular weight is 481 g/mol. The van der Waals surface area contributed by atoms with E-state index >= 15 is 0 Å².